The van der Waals surface area contributed by atoms with Crippen LogP contribution in [0.2, 0.25) is 5.02 Å². The fraction of sp³-hybridized carbons (Fsp3) is 0.625. The number of hydrogen-bond donors (Lipinski definition) is 1. The van der Waals surface area contributed by atoms with Crippen molar-refractivity contribution in [3.8, 4) is 0 Å². The molecule has 0 bridgehead atoms. The second-order valence-corrected chi connectivity index (χ2v) is 5.38. The molecule has 0 amide bonds. The van der Waals surface area contributed by atoms with Gasteiger partial charge in [-0.1, -0.05) is 31.5 Å². The van der Waals surface area contributed by atoms with Gasteiger partial charge in [-0.05, 0) is 43.5 Å². The Morgan fingerprint density at radius 3 is 2.50 bits per heavy atom. The Morgan fingerprint density at radius 1 is 1.30 bits per heavy atom. The molecule has 0 aromatic heterocycles. The summed E-state index contributed by atoms with van der Waals surface area (Å²) in [4.78, 5) is 2.39. The summed E-state index contributed by atoms with van der Waals surface area (Å²) in [5.74, 6) is 0. The van der Waals surface area contributed by atoms with Crippen LogP contribution in [0.4, 0.5) is 5.69 Å². The van der Waals surface area contributed by atoms with Crippen molar-refractivity contribution in [3.05, 3.63) is 28.8 Å². The van der Waals surface area contributed by atoms with E-state index in [0.29, 0.717) is 12.6 Å². The van der Waals surface area contributed by atoms with Crippen molar-refractivity contribution in [1.82, 2.24) is 0 Å². The molecule has 0 heterocycles. The number of nitrogens with two attached hydrogens (primary N) is 1. The zero-order chi connectivity index (χ0) is 15.0. The van der Waals surface area contributed by atoms with Crippen LogP contribution in [-0.4, -0.2) is 32.8 Å². The van der Waals surface area contributed by atoms with Gasteiger partial charge < -0.3 is 15.4 Å². The quantitative estimate of drug-likeness (QED) is 0.758. The summed E-state index contributed by atoms with van der Waals surface area (Å²) >= 11 is 6.36. The summed E-state index contributed by atoms with van der Waals surface area (Å²) in [6.45, 7) is 6.67. The van der Waals surface area contributed by atoms with Gasteiger partial charge in [0.05, 0.1) is 6.61 Å². The van der Waals surface area contributed by atoms with E-state index in [0.717, 1.165) is 43.0 Å². The van der Waals surface area contributed by atoms with E-state index in [9.17, 15) is 0 Å². The Bertz CT molecular complexity index is 394. The smallest absolute Gasteiger partial charge is 0.0637 e. The average Bonchev–Trinajstić information content (AvgIpc) is 2.46. The maximum Gasteiger partial charge on any atom is 0.0637 e. The van der Waals surface area contributed by atoms with Gasteiger partial charge in [0.1, 0.15) is 0 Å². The Hall–Kier alpha value is -0.770. The summed E-state index contributed by atoms with van der Waals surface area (Å²) in [5.41, 5.74) is 7.89. The molecule has 2 N–H and O–H groups in total. The van der Waals surface area contributed by atoms with E-state index >= 15 is 0 Å². The fourth-order valence-corrected chi connectivity index (χ4v) is 2.78. The Morgan fingerprint density at radius 2 is 2.00 bits per heavy atom. The summed E-state index contributed by atoms with van der Waals surface area (Å²) in [7, 11) is 1.74. The molecule has 0 radical (unpaired) electrons. The fourth-order valence-electron chi connectivity index (χ4n) is 2.51. The monoisotopic (exact) mass is 298 g/mol. The standard InChI is InChI=1S/C16H27ClN2O/c1-4-14(5-2)19(10-11-20-3)15-7-6-13(8-9-18)16(17)12-15/h6-7,12,14H,4-5,8-11,18H2,1-3H3. The van der Waals surface area contributed by atoms with Crippen molar-refractivity contribution in [2.45, 2.75) is 39.2 Å². The number of benzene rings is 1. The van der Waals surface area contributed by atoms with E-state index < -0.39 is 0 Å². The first-order valence-electron chi connectivity index (χ1n) is 7.41. The summed E-state index contributed by atoms with van der Waals surface area (Å²) in [6, 6.07) is 6.81. The first-order chi connectivity index (χ1) is 9.67. The second-order valence-electron chi connectivity index (χ2n) is 4.97. The zero-order valence-electron chi connectivity index (χ0n) is 12.9. The van der Waals surface area contributed by atoms with Crippen LogP contribution < -0.4 is 10.6 Å². The van der Waals surface area contributed by atoms with Crippen LogP contribution in [-0.2, 0) is 11.2 Å². The van der Waals surface area contributed by atoms with Gasteiger partial charge in [-0.3, -0.25) is 0 Å². The molecule has 0 spiro atoms. The maximum absolute atomic E-state index is 6.36. The largest absolute Gasteiger partial charge is 0.383 e. The van der Waals surface area contributed by atoms with Crippen molar-refractivity contribution < 1.29 is 4.74 Å². The summed E-state index contributed by atoms with van der Waals surface area (Å²) < 4.78 is 5.23. The van der Waals surface area contributed by atoms with Crippen LogP contribution in [0.15, 0.2) is 18.2 Å². The van der Waals surface area contributed by atoms with Gasteiger partial charge in [0.15, 0.2) is 0 Å². The number of halogens is 1. The number of ether oxygens (including phenoxy) is 1. The Kier molecular flexibility index (Phi) is 7.97. The van der Waals surface area contributed by atoms with Crippen LogP contribution in [0.1, 0.15) is 32.3 Å². The number of hydrogen-bond acceptors (Lipinski definition) is 3. The molecule has 0 aliphatic carbocycles. The second kappa shape index (κ2) is 9.22. The Balaban J connectivity index is 2.97. The number of methoxy groups -OCH3 is 1. The highest BCUT2D eigenvalue weighted by Gasteiger charge is 2.16. The molecular formula is C16H27ClN2O. The van der Waals surface area contributed by atoms with Crippen LogP contribution in [0.5, 0.6) is 0 Å². The van der Waals surface area contributed by atoms with E-state index in [-0.39, 0.29) is 0 Å². The third-order valence-electron chi connectivity index (χ3n) is 3.70. The number of nitrogens with zero attached hydrogens (tertiary/aromatic N) is 1. The third kappa shape index (κ3) is 4.65. The molecule has 1 aromatic carbocycles. The van der Waals surface area contributed by atoms with Gasteiger partial charge in [0.25, 0.3) is 0 Å². The van der Waals surface area contributed by atoms with Crippen LogP contribution in [0, 0.1) is 0 Å². The van der Waals surface area contributed by atoms with E-state index in [1.165, 1.54) is 5.69 Å². The lowest BCUT2D eigenvalue weighted by molar-refractivity contribution is 0.202. The highest BCUT2D eigenvalue weighted by Crippen LogP contribution is 2.26. The predicted molar refractivity (Wildman–Crippen MR) is 87.8 cm³/mol. The lowest BCUT2D eigenvalue weighted by Gasteiger charge is -2.33. The first-order valence-corrected chi connectivity index (χ1v) is 7.79. The molecular weight excluding hydrogens is 272 g/mol. The van der Waals surface area contributed by atoms with Gasteiger partial charge in [-0.15, -0.1) is 0 Å². The zero-order valence-corrected chi connectivity index (χ0v) is 13.6. The molecule has 114 valence electrons. The molecule has 0 aliphatic rings. The van der Waals surface area contributed by atoms with E-state index in [4.69, 9.17) is 22.1 Å². The number of rotatable bonds is 9. The Labute approximate surface area is 128 Å². The predicted octanol–water partition coefficient (Wildman–Crippen LogP) is 3.48. The van der Waals surface area contributed by atoms with Crippen molar-refractivity contribution >= 4 is 17.3 Å². The van der Waals surface area contributed by atoms with Gasteiger partial charge in [-0.2, -0.15) is 0 Å². The van der Waals surface area contributed by atoms with Crippen LogP contribution in [0.3, 0.4) is 0 Å². The van der Waals surface area contributed by atoms with Crippen LogP contribution >= 0.6 is 11.6 Å². The molecule has 1 rings (SSSR count). The minimum atomic E-state index is 0.515. The normalized spacial score (nSPS) is 11.1. The molecule has 0 saturated heterocycles. The maximum atomic E-state index is 6.36. The van der Waals surface area contributed by atoms with E-state index in [1.807, 2.05) is 0 Å². The first kappa shape index (κ1) is 17.3. The van der Waals surface area contributed by atoms with Crippen LogP contribution in [0.25, 0.3) is 0 Å². The van der Waals surface area contributed by atoms with Gasteiger partial charge in [0.2, 0.25) is 0 Å². The van der Waals surface area contributed by atoms with Crippen molar-refractivity contribution in [2.24, 2.45) is 5.73 Å². The van der Waals surface area contributed by atoms with Crippen molar-refractivity contribution in [3.63, 3.8) is 0 Å². The molecule has 0 unspecified atom stereocenters. The highest BCUT2D eigenvalue weighted by molar-refractivity contribution is 6.31. The lowest BCUT2D eigenvalue weighted by Crippen LogP contribution is -2.37. The minimum absolute atomic E-state index is 0.515. The molecule has 1 aromatic rings. The SMILES string of the molecule is CCC(CC)N(CCOC)c1ccc(CCN)c(Cl)c1. The van der Waals surface area contributed by atoms with Crippen molar-refractivity contribution in [1.29, 1.82) is 0 Å². The minimum Gasteiger partial charge on any atom is -0.383 e. The molecule has 20 heavy (non-hydrogen) atoms. The highest BCUT2D eigenvalue weighted by atomic mass is 35.5. The van der Waals surface area contributed by atoms with Gasteiger partial charge in [0, 0.05) is 30.4 Å². The molecule has 0 fully saturated rings. The van der Waals surface area contributed by atoms with Gasteiger partial charge >= 0.3 is 0 Å². The molecule has 0 atom stereocenters. The van der Waals surface area contributed by atoms with E-state index in [2.05, 4.69) is 36.9 Å². The van der Waals surface area contributed by atoms with E-state index in [1.54, 1.807) is 7.11 Å². The summed E-state index contributed by atoms with van der Waals surface area (Å²) in [6.07, 6.45) is 3.05. The topological polar surface area (TPSA) is 38.5 Å². The average molecular weight is 299 g/mol. The van der Waals surface area contributed by atoms with Gasteiger partial charge in [-0.25, -0.2) is 0 Å². The third-order valence-corrected chi connectivity index (χ3v) is 4.05. The number of anilines is 1. The molecule has 3 nitrogen and oxygen atoms in total. The molecule has 0 aliphatic heterocycles. The molecule has 4 heteroatoms. The van der Waals surface area contributed by atoms with Crippen molar-refractivity contribution in [2.75, 3.05) is 31.7 Å². The molecule has 0 saturated carbocycles. The summed E-state index contributed by atoms with van der Waals surface area (Å²) in [5, 5.41) is 0.807. The lowest BCUT2D eigenvalue weighted by atomic mass is 10.1.